The van der Waals surface area contributed by atoms with E-state index in [1.807, 2.05) is 0 Å². The molecule has 0 atom stereocenters. The van der Waals surface area contributed by atoms with Crippen LogP contribution in [0.2, 0.25) is 0 Å². The number of pyridine rings is 1. The number of para-hydroxylation sites is 1. The van der Waals surface area contributed by atoms with Gasteiger partial charge >= 0.3 is 0 Å². The van der Waals surface area contributed by atoms with Gasteiger partial charge in [-0.25, -0.2) is 4.39 Å². The topological polar surface area (TPSA) is 114 Å². The number of halogens is 1. The monoisotopic (exact) mass is 553 g/mol. The molecule has 1 N–H and O–H groups in total. The highest BCUT2D eigenvalue weighted by molar-refractivity contribution is 8.26. The van der Waals surface area contributed by atoms with Crippen molar-refractivity contribution in [2.45, 2.75) is 20.4 Å². The van der Waals surface area contributed by atoms with Crippen LogP contribution in [-0.2, 0) is 16.1 Å². The minimum absolute atomic E-state index is 0.00449. The third kappa shape index (κ3) is 5.82. The van der Waals surface area contributed by atoms with Gasteiger partial charge in [-0.2, -0.15) is 4.98 Å². The number of thiocarbonyl (C=S) groups is 1. The Balaban J connectivity index is 0.000000786. The van der Waals surface area contributed by atoms with Crippen molar-refractivity contribution in [2.24, 2.45) is 0 Å². The zero-order chi connectivity index (χ0) is 27.4. The molecule has 1 saturated heterocycles. The molecular formula is C26H20FN3O6S2. The number of carbonyl (C=O) groups excluding carboxylic acids is 1. The summed E-state index contributed by atoms with van der Waals surface area (Å²) in [4.78, 5) is 41.6. The molecule has 1 fully saturated rings. The van der Waals surface area contributed by atoms with Crippen LogP contribution < -0.4 is 10.3 Å². The number of nitrogens with zero attached hydrogens (tertiary/aromatic N) is 3. The van der Waals surface area contributed by atoms with Crippen molar-refractivity contribution in [2.75, 3.05) is 0 Å². The van der Waals surface area contributed by atoms with Crippen molar-refractivity contribution in [1.82, 2.24) is 14.3 Å². The van der Waals surface area contributed by atoms with Gasteiger partial charge in [0.25, 0.3) is 17.4 Å². The number of hydrogen-bond donors (Lipinski definition) is 1. The normalized spacial score (nSPS) is 14.1. The summed E-state index contributed by atoms with van der Waals surface area (Å²) in [5, 5.41) is 7.42. The quantitative estimate of drug-likeness (QED) is 0.269. The fourth-order valence-corrected chi connectivity index (χ4v) is 4.69. The molecule has 0 bridgehead atoms. The number of thioether (sulfide) groups is 1. The molecule has 38 heavy (non-hydrogen) atoms. The molecule has 1 aromatic carbocycles. The summed E-state index contributed by atoms with van der Waals surface area (Å²) >= 11 is 6.43. The number of rotatable bonds is 5. The Labute approximate surface area is 225 Å². The molecule has 194 valence electrons. The SMILES string of the molecule is CC(=O)O.Cc1cccn2c(=O)c(/C=C3/SC(=S)N(Cc4ccco4)C3=O)c(Oc3ccccc3F)nc12. The van der Waals surface area contributed by atoms with Gasteiger partial charge in [0.2, 0.25) is 5.88 Å². The largest absolute Gasteiger partial charge is 0.481 e. The van der Waals surface area contributed by atoms with E-state index in [0.29, 0.717) is 15.7 Å². The molecule has 0 spiro atoms. The first-order valence-corrected chi connectivity index (χ1v) is 12.3. The molecule has 1 aliphatic rings. The summed E-state index contributed by atoms with van der Waals surface area (Å²) < 4.78 is 27.1. The number of hydrogen-bond acceptors (Lipinski definition) is 8. The molecule has 0 aliphatic carbocycles. The van der Waals surface area contributed by atoms with Gasteiger partial charge < -0.3 is 14.3 Å². The average molecular weight is 554 g/mol. The first kappa shape index (κ1) is 26.8. The van der Waals surface area contributed by atoms with E-state index < -0.39 is 17.3 Å². The fraction of sp³-hybridized carbons (Fsp3) is 0.115. The summed E-state index contributed by atoms with van der Waals surface area (Å²) in [7, 11) is 0. The van der Waals surface area contributed by atoms with Crippen LogP contribution in [0.25, 0.3) is 11.7 Å². The number of carbonyl (C=O) groups is 2. The van der Waals surface area contributed by atoms with Gasteiger partial charge in [-0.05, 0) is 48.9 Å². The van der Waals surface area contributed by atoms with Gasteiger partial charge in [-0.1, -0.05) is 42.2 Å². The highest BCUT2D eigenvalue weighted by Gasteiger charge is 2.33. The van der Waals surface area contributed by atoms with E-state index in [-0.39, 0.29) is 34.6 Å². The fourth-order valence-electron chi connectivity index (χ4n) is 3.45. The number of fused-ring (bicyclic) bond motifs is 1. The van der Waals surface area contributed by atoms with Crippen LogP contribution in [0.15, 0.2) is 75.1 Å². The molecule has 1 aliphatic heterocycles. The van der Waals surface area contributed by atoms with E-state index >= 15 is 0 Å². The third-order valence-corrected chi connectivity index (χ3v) is 6.51. The van der Waals surface area contributed by atoms with Crippen LogP contribution in [0.1, 0.15) is 23.8 Å². The molecule has 0 unspecified atom stereocenters. The first-order valence-electron chi connectivity index (χ1n) is 11.1. The lowest BCUT2D eigenvalue weighted by molar-refractivity contribution is -0.134. The molecular weight excluding hydrogens is 533 g/mol. The predicted molar refractivity (Wildman–Crippen MR) is 143 cm³/mol. The van der Waals surface area contributed by atoms with Crippen LogP contribution in [0.3, 0.4) is 0 Å². The van der Waals surface area contributed by atoms with Crippen molar-refractivity contribution in [3.8, 4) is 11.6 Å². The summed E-state index contributed by atoms with van der Waals surface area (Å²) in [6.45, 7) is 3.05. The van der Waals surface area contributed by atoms with Gasteiger partial charge in [0.15, 0.2) is 11.6 Å². The van der Waals surface area contributed by atoms with E-state index in [2.05, 4.69) is 4.98 Å². The summed E-state index contributed by atoms with van der Waals surface area (Å²) in [5.41, 5.74) is 0.636. The maximum Gasteiger partial charge on any atom is 0.300 e. The second-order valence-electron chi connectivity index (χ2n) is 7.92. The van der Waals surface area contributed by atoms with E-state index in [0.717, 1.165) is 24.2 Å². The van der Waals surface area contributed by atoms with E-state index in [4.69, 9.17) is 31.3 Å². The third-order valence-electron chi connectivity index (χ3n) is 5.14. The zero-order valence-corrected chi connectivity index (χ0v) is 21.7. The first-order chi connectivity index (χ1) is 18.2. The Morgan fingerprint density at radius 2 is 1.95 bits per heavy atom. The highest BCUT2D eigenvalue weighted by Crippen LogP contribution is 2.35. The van der Waals surface area contributed by atoms with Gasteiger partial charge in [0.1, 0.15) is 21.3 Å². The van der Waals surface area contributed by atoms with Crippen LogP contribution >= 0.6 is 24.0 Å². The van der Waals surface area contributed by atoms with Gasteiger partial charge in [-0.15, -0.1) is 0 Å². The summed E-state index contributed by atoms with van der Waals surface area (Å²) in [6.07, 6.45) is 4.48. The van der Waals surface area contributed by atoms with Gasteiger partial charge in [0.05, 0.1) is 17.7 Å². The van der Waals surface area contributed by atoms with Crippen molar-refractivity contribution in [1.29, 1.82) is 0 Å². The molecule has 1 amide bonds. The Morgan fingerprint density at radius 1 is 1.21 bits per heavy atom. The molecule has 4 heterocycles. The van der Waals surface area contributed by atoms with Crippen molar-refractivity contribution in [3.63, 3.8) is 0 Å². The number of aromatic nitrogens is 2. The second kappa shape index (κ2) is 11.4. The number of carboxylic acids is 1. The van der Waals surface area contributed by atoms with Crippen molar-refractivity contribution >= 4 is 51.9 Å². The molecule has 0 radical (unpaired) electrons. The Morgan fingerprint density at radius 3 is 2.63 bits per heavy atom. The lowest BCUT2D eigenvalue weighted by atomic mass is 10.2. The van der Waals surface area contributed by atoms with Crippen molar-refractivity contribution < 1.29 is 28.2 Å². The Bertz CT molecular complexity index is 1630. The number of carboxylic acid groups (broad SMARTS) is 1. The number of amides is 1. The number of furan rings is 1. The maximum atomic E-state index is 14.3. The minimum atomic E-state index is -0.833. The smallest absolute Gasteiger partial charge is 0.300 e. The lowest BCUT2D eigenvalue weighted by Gasteiger charge is -2.12. The minimum Gasteiger partial charge on any atom is -0.481 e. The predicted octanol–water partition coefficient (Wildman–Crippen LogP) is 5.02. The van der Waals surface area contributed by atoms with Crippen molar-refractivity contribution in [3.05, 3.63) is 99.0 Å². The summed E-state index contributed by atoms with van der Waals surface area (Å²) in [6, 6.07) is 12.8. The van der Waals surface area contributed by atoms with Crippen LogP contribution in [0.5, 0.6) is 11.6 Å². The van der Waals surface area contributed by atoms with Crippen LogP contribution in [0, 0.1) is 12.7 Å². The van der Waals surface area contributed by atoms with Gasteiger partial charge in [-0.3, -0.25) is 23.7 Å². The number of aliphatic carboxylic acids is 1. The number of ether oxygens (including phenoxy) is 1. The molecule has 9 nitrogen and oxygen atoms in total. The van der Waals surface area contributed by atoms with Gasteiger partial charge in [0, 0.05) is 13.1 Å². The lowest BCUT2D eigenvalue weighted by Crippen LogP contribution is -2.27. The van der Waals surface area contributed by atoms with E-state index in [1.54, 1.807) is 43.5 Å². The van der Waals surface area contributed by atoms with E-state index in [1.165, 1.54) is 39.8 Å². The zero-order valence-electron chi connectivity index (χ0n) is 20.1. The standard InChI is InChI=1S/C24H16FN3O4S2.C2H4O2/c1-14-6-4-10-27-20(14)26-21(32-18-9-3-2-8-17(18)25)16(22(27)29)12-19-23(30)28(24(33)34-19)13-15-7-5-11-31-15;1-2(3)4/h2-12H,13H2,1H3;1H3,(H,3,4)/b19-12+;. The molecule has 4 aromatic rings. The van der Waals surface area contributed by atoms with E-state index in [9.17, 15) is 14.0 Å². The molecule has 5 rings (SSSR count). The van der Waals surface area contributed by atoms with Crippen LogP contribution in [0.4, 0.5) is 4.39 Å². The highest BCUT2D eigenvalue weighted by atomic mass is 32.2. The number of benzene rings is 1. The second-order valence-corrected chi connectivity index (χ2v) is 9.60. The van der Waals surface area contributed by atoms with Crippen LogP contribution in [-0.4, -0.2) is 35.6 Å². The Hall–Kier alpha value is -4.29. The molecule has 3 aromatic heterocycles. The molecule has 12 heteroatoms. The number of aryl methyl sites for hydroxylation is 1. The average Bonchev–Trinajstić information content (AvgIpc) is 3.47. The maximum absolute atomic E-state index is 14.3. The summed E-state index contributed by atoms with van der Waals surface area (Å²) in [5.74, 6) is -1.45. The molecule has 0 saturated carbocycles. The Kier molecular flexibility index (Phi) is 8.03.